The van der Waals surface area contributed by atoms with Crippen LogP contribution in [0, 0.1) is 0 Å². The molecule has 2 aromatic rings. The van der Waals surface area contributed by atoms with Gasteiger partial charge in [-0.2, -0.15) is 8.78 Å². The minimum absolute atomic E-state index is 0.0839. The van der Waals surface area contributed by atoms with E-state index < -0.39 is 6.61 Å². The van der Waals surface area contributed by atoms with Crippen molar-refractivity contribution < 1.29 is 13.5 Å². The van der Waals surface area contributed by atoms with E-state index >= 15 is 0 Å². The summed E-state index contributed by atoms with van der Waals surface area (Å²) in [6.45, 7) is -2.52. The molecule has 0 aliphatic heterocycles. The number of hydrogen-bond donors (Lipinski definition) is 1. The number of rotatable bonds is 5. The van der Waals surface area contributed by atoms with E-state index in [1.807, 2.05) is 0 Å². The van der Waals surface area contributed by atoms with Gasteiger partial charge in [0.25, 0.3) is 0 Å². The van der Waals surface area contributed by atoms with Crippen LogP contribution in [-0.4, -0.2) is 6.61 Å². The van der Waals surface area contributed by atoms with Gasteiger partial charge in [-0.25, -0.2) is 0 Å². The van der Waals surface area contributed by atoms with Gasteiger partial charge in [0.1, 0.15) is 5.75 Å². The Morgan fingerprint density at radius 2 is 1.85 bits per heavy atom. The molecule has 0 atom stereocenters. The van der Waals surface area contributed by atoms with Crippen molar-refractivity contribution in [3.8, 4) is 5.75 Å². The van der Waals surface area contributed by atoms with Crippen molar-refractivity contribution in [2.45, 2.75) is 13.2 Å². The highest BCUT2D eigenvalue weighted by atomic mass is 35.5. The molecular formula is C14H11Cl2F2NO. The molecule has 106 valence electrons. The number of alkyl halides is 2. The van der Waals surface area contributed by atoms with Gasteiger partial charge in [-0.1, -0.05) is 35.3 Å². The highest BCUT2D eigenvalue weighted by molar-refractivity contribution is 6.33. The van der Waals surface area contributed by atoms with E-state index in [1.54, 1.807) is 36.4 Å². The molecule has 0 bridgehead atoms. The van der Waals surface area contributed by atoms with E-state index in [4.69, 9.17) is 23.2 Å². The summed E-state index contributed by atoms with van der Waals surface area (Å²) in [4.78, 5) is 0. The molecule has 0 amide bonds. The number of halogens is 4. The molecule has 0 heterocycles. The lowest BCUT2D eigenvalue weighted by Gasteiger charge is -2.13. The van der Waals surface area contributed by atoms with E-state index in [1.165, 1.54) is 6.07 Å². The first-order valence-corrected chi connectivity index (χ1v) is 6.53. The zero-order valence-corrected chi connectivity index (χ0v) is 11.8. The van der Waals surface area contributed by atoms with E-state index in [2.05, 4.69) is 10.1 Å². The summed E-state index contributed by atoms with van der Waals surface area (Å²) in [6, 6.07) is 11.5. The average Bonchev–Trinajstić information content (AvgIpc) is 2.41. The third kappa shape index (κ3) is 3.99. The van der Waals surface area contributed by atoms with Crippen molar-refractivity contribution in [1.29, 1.82) is 0 Å². The second-order valence-corrected chi connectivity index (χ2v) is 4.81. The minimum atomic E-state index is -2.87. The Labute approximate surface area is 125 Å². The fraction of sp³-hybridized carbons (Fsp3) is 0.143. The monoisotopic (exact) mass is 317 g/mol. The smallest absolute Gasteiger partial charge is 0.387 e. The van der Waals surface area contributed by atoms with Crippen LogP contribution in [0.5, 0.6) is 5.75 Å². The summed E-state index contributed by atoms with van der Waals surface area (Å²) < 4.78 is 29.0. The minimum Gasteiger partial charge on any atom is -0.433 e. The third-order valence-electron chi connectivity index (χ3n) is 2.58. The lowest BCUT2D eigenvalue weighted by molar-refractivity contribution is -0.0493. The van der Waals surface area contributed by atoms with Crippen molar-refractivity contribution in [3.63, 3.8) is 0 Å². The second kappa shape index (κ2) is 6.77. The summed E-state index contributed by atoms with van der Waals surface area (Å²) in [5, 5.41) is 4.11. The molecule has 0 saturated carbocycles. The molecule has 0 aliphatic rings. The van der Waals surface area contributed by atoms with Gasteiger partial charge in [-0.05, 0) is 35.9 Å². The van der Waals surface area contributed by atoms with Gasteiger partial charge in [0.2, 0.25) is 0 Å². The molecule has 0 radical (unpaired) electrons. The summed E-state index contributed by atoms with van der Waals surface area (Å²) in [5.41, 5.74) is 1.23. The van der Waals surface area contributed by atoms with E-state index in [-0.39, 0.29) is 5.75 Å². The third-order valence-corrected chi connectivity index (χ3v) is 3.18. The number of benzene rings is 2. The van der Waals surface area contributed by atoms with Crippen LogP contribution in [0.15, 0.2) is 42.5 Å². The highest BCUT2D eigenvalue weighted by Crippen LogP contribution is 2.27. The van der Waals surface area contributed by atoms with Crippen LogP contribution in [0.1, 0.15) is 5.56 Å². The number of para-hydroxylation sites is 2. The Hall–Kier alpha value is -1.52. The largest absolute Gasteiger partial charge is 0.433 e. The van der Waals surface area contributed by atoms with Crippen molar-refractivity contribution in [2.24, 2.45) is 0 Å². The Kier molecular flexibility index (Phi) is 5.04. The van der Waals surface area contributed by atoms with E-state index in [0.717, 1.165) is 5.56 Å². The normalized spacial score (nSPS) is 10.7. The Bertz CT molecular complexity index is 593. The first kappa shape index (κ1) is 14.9. The second-order valence-electron chi connectivity index (χ2n) is 3.96. The predicted molar refractivity (Wildman–Crippen MR) is 76.9 cm³/mol. The Morgan fingerprint density at radius 3 is 2.60 bits per heavy atom. The van der Waals surface area contributed by atoms with Gasteiger partial charge in [0, 0.05) is 16.6 Å². The number of nitrogens with one attached hydrogen (secondary N) is 1. The van der Waals surface area contributed by atoms with Crippen molar-refractivity contribution in [1.82, 2.24) is 0 Å². The van der Waals surface area contributed by atoms with Gasteiger partial charge in [-0.3, -0.25) is 0 Å². The summed E-state index contributed by atoms with van der Waals surface area (Å²) in [6.07, 6.45) is 0. The summed E-state index contributed by atoms with van der Waals surface area (Å²) >= 11 is 11.9. The topological polar surface area (TPSA) is 21.3 Å². The lowest BCUT2D eigenvalue weighted by Crippen LogP contribution is -2.06. The molecule has 0 saturated heterocycles. The standard InChI is InChI=1S/C14H11Cl2F2NO/c15-10-5-6-11(16)9(7-10)8-19-12-3-1-2-4-13(12)20-14(17)18/h1-7,14,19H,8H2. The summed E-state index contributed by atoms with van der Waals surface area (Å²) in [5.74, 6) is 0.0839. The molecular weight excluding hydrogens is 307 g/mol. The fourth-order valence-electron chi connectivity index (χ4n) is 1.68. The lowest BCUT2D eigenvalue weighted by atomic mass is 10.2. The Morgan fingerprint density at radius 1 is 1.10 bits per heavy atom. The highest BCUT2D eigenvalue weighted by Gasteiger charge is 2.09. The molecule has 0 unspecified atom stereocenters. The molecule has 0 fully saturated rings. The van der Waals surface area contributed by atoms with Gasteiger partial charge in [-0.15, -0.1) is 0 Å². The van der Waals surface area contributed by atoms with E-state index in [9.17, 15) is 8.78 Å². The first-order chi connectivity index (χ1) is 9.56. The van der Waals surface area contributed by atoms with E-state index in [0.29, 0.717) is 22.3 Å². The number of hydrogen-bond acceptors (Lipinski definition) is 2. The predicted octanol–water partition coefficient (Wildman–Crippen LogP) is 5.21. The van der Waals surface area contributed by atoms with Gasteiger partial charge < -0.3 is 10.1 Å². The quantitative estimate of drug-likeness (QED) is 0.817. The zero-order valence-electron chi connectivity index (χ0n) is 10.2. The SMILES string of the molecule is FC(F)Oc1ccccc1NCc1cc(Cl)ccc1Cl. The van der Waals surface area contributed by atoms with Crippen LogP contribution in [0.4, 0.5) is 14.5 Å². The maximum Gasteiger partial charge on any atom is 0.387 e. The molecule has 0 aromatic heterocycles. The van der Waals surface area contributed by atoms with Crippen molar-refractivity contribution in [3.05, 3.63) is 58.1 Å². The van der Waals surface area contributed by atoms with Crippen LogP contribution < -0.4 is 10.1 Å². The van der Waals surface area contributed by atoms with Crippen LogP contribution in [-0.2, 0) is 6.54 Å². The number of ether oxygens (including phenoxy) is 1. The summed E-state index contributed by atoms with van der Waals surface area (Å²) in [7, 11) is 0. The van der Waals surface area contributed by atoms with Crippen LogP contribution in [0.2, 0.25) is 10.0 Å². The maximum absolute atomic E-state index is 12.3. The first-order valence-electron chi connectivity index (χ1n) is 5.78. The molecule has 2 nitrogen and oxygen atoms in total. The molecule has 6 heteroatoms. The molecule has 0 spiro atoms. The zero-order chi connectivity index (χ0) is 14.5. The van der Waals surface area contributed by atoms with Gasteiger partial charge in [0.15, 0.2) is 0 Å². The van der Waals surface area contributed by atoms with Crippen LogP contribution in [0.25, 0.3) is 0 Å². The van der Waals surface area contributed by atoms with Crippen LogP contribution in [0.3, 0.4) is 0 Å². The molecule has 1 N–H and O–H groups in total. The van der Waals surface area contributed by atoms with Crippen molar-refractivity contribution in [2.75, 3.05) is 5.32 Å². The van der Waals surface area contributed by atoms with Gasteiger partial charge >= 0.3 is 6.61 Å². The molecule has 0 aliphatic carbocycles. The van der Waals surface area contributed by atoms with Crippen LogP contribution >= 0.6 is 23.2 Å². The molecule has 2 rings (SSSR count). The fourth-order valence-corrected chi connectivity index (χ4v) is 2.06. The molecule has 20 heavy (non-hydrogen) atoms. The average molecular weight is 318 g/mol. The van der Waals surface area contributed by atoms with Crippen molar-refractivity contribution >= 4 is 28.9 Å². The molecule has 2 aromatic carbocycles. The van der Waals surface area contributed by atoms with Gasteiger partial charge in [0.05, 0.1) is 5.69 Å². The number of anilines is 1. The maximum atomic E-state index is 12.3. The Balaban J connectivity index is 2.12.